The Kier molecular flexibility index (Phi) is 4.97. The van der Waals surface area contributed by atoms with E-state index in [1.807, 2.05) is 55.5 Å². The molecule has 0 spiro atoms. The fraction of sp³-hybridized carbons (Fsp3) is 0.158. The molecule has 24 heavy (non-hydrogen) atoms. The SMILES string of the molecule is CC(c1nc2ccccc2s1)N(C)C(=O)/C=C/c1cccc(Cl)c1. The van der Waals surface area contributed by atoms with E-state index in [2.05, 4.69) is 4.98 Å². The molecule has 1 amide bonds. The van der Waals surface area contributed by atoms with Crippen molar-refractivity contribution in [2.75, 3.05) is 7.05 Å². The van der Waals surface area contributed by atoms with Crippen LogP contribution in [-0.2, 0) is 4.79 Å². The zero-order chi connectivity index (χ0) is 17.1. The normalized spacial score (nSPS) is 12.6. The van der Waals surface area contributed by atoms with Crippen LogP contribution in [0.5, 0.6) is 0 Å². The molecule has 5 heteroatoms. The van der Waals surface area contributed by atoms with E-state index in [9.17, 15) is 4.79 Å². The van der Waals surface area contributed by atoms with Gasteiger partial charge in [0.2, 0.25) is 5.91 Å². The number of benzene rings is 2. The van der Waals surface area contributed by atoms with E-state index >= 15 is 0 Å². The number of amides is 1. The fourth-order valence-corrected chi connectivity index (χ4v) is 3.58. The van der Waals surface area contributed by atoms with Crippen molar-refractivity contribution in [3.05, 3.63) is 70.2 Å². The Morgan fingerprint density at radius 2 is 2.04 bits per heavy atom. The van der Waals surface area contributed by atoms with Crippen LogP contribution in [0.25, 0.3) is 16.3 Å². The van der Waals surface area contributed by atoms with Crippen LogP contribution in [0, 0.1) is 0 Å². The van der Waals surface area contributed by atoms with Crippen LogP contribution in [0.3, 0.4) is 0 Å². The smallest absolute Gasteiger partial charge is 0.246 e. The average molecular weight is 357 g/mol. The largest absolute Gasteiger partial charge is 0.333 e. The number of para-hydroxylation sites is 1. The van der Waals surface area contributed by atoms with Crippen LogP contribution in [0.4, 0.5) is 0 Å². The number of nitrogens with zero attached hydrogens (tertiary/aromatic N) is 2. The summed E-state index contributed by atoms with van der Waals surface area (Å²) in [6.07, 6.45) is 3.34. The first-order valence-electron chi connectivity index (χ1n) is 7.60. The summed E-state index contributed by atoms with van der Waals surface area (Å²) in [5.74, 6) is -0.0678. The van der Waals surface area contributed by atoms with Gasteiger partial charge in [-0.15, -0.1) is 11.3 Å². The highest BCUT2D eigenvalue weighted by Gasteiger charge is 2.19. The molecule has 1 aromatic heterocycles. The maximum atomic E-state index is 12.4. The van der Waals surface area contributed by atoms with Crippen molar-refractivity contribution < 1.29 is 4.79 Å². The minimum Gasteiger partial charge on any atom is -0.333 e. The van der Waals surface area contributed by atoms with E-state index in [1.54, 1.807) is 35.4 Å². The number of carbonyl (C=O) groups is 1. The maximum Gasteiger partial charge on any atom is 0.246 e. The number of fused-ring (bicyclic) bond motifs is 1. The highest BCUT2D eigenvalue weighted by Crippen LogP contribution is 2.28. The topological polar surface area (TPSA) is 33.2 Å². The molecular formula is C19H17ClN2OS. The van der Waals surface area contributed by atoms with Crippen LogP contribution in [0.2, 0.25) is 5.02 Å². The van der Waals surface area contributed by atoms with Gasteiger partial charge in [-0.1, -0.05) is 35.9 Å². The quantitative estimate of drug-likeness (QED) is 0.603. The van der Waals surface area contributed by atoms with Crippen LogP contribution >= 0.6 is 22.9 Å². The van der Waals surface area contributed by atoms with Gasteiger partial charge in [0.15, 0.2) is 0 Å². The lowest BCUT2D eigenvalue weighted by molar-refractivity contribution is -0.126. The van der Waals surface area contributed by atoms with Gasteiger partial charge in [-0.3, -0.25) is 4.79 Å². The van der Waals surface area contributed by atoms with Gasteiger partial charge in [-0.05, 0) is 42.8 Å². The molecule has 0 radical (unpaired) electrons. The summed E-state index contributed by atoms with van der Waals surface area (Å²) in [7, 11) is 1.79. The molecule has 3 nitrogen and oxygen atoms in total. The average Bonchev–Trinajstić information content (AvgIpc) is 3.02. The predicted molar refractivity (Wildman–Crippen MR) is 101 cm³/mol. The molecule has 0 saturated heterocycles. The lowest BCUT2D eigenvalue weighted by Gasteiger charge is -2.21. The number of rotatable bonds is 4. The maximum absolute atomic E-state index is 12.4. The van der Waals surface area contributed by atoms with E-state index in [4.69, 9.17) is 11.6 Å². The monoisotopic (exact) mass is 356 g/mol. The second-order valence-electron chi connectivity index (χ2n) is 5.53. The molecular weight excluding hydrogens is 340 g/mol. The van der Waals surface area contributed by atoms with Gasteiger partial charge < -0.3 is 4.90 Å². The number of aromatic nitrogens is 1. The molecule has 2 aromatic carbocycles. The van der Waals surface area contributed by atoms with Crippen molar-refractivity contribution in [1.29, 1.82) is 0 Å². The number of likely N-dealkylation sites (N-methyl/N-ethyl adjacent to an activating group) is 1. The van der Waals surface area contributed by atoms with Gasteiger partial charge in [0.1, 0.15) is 5.01 Å². The molecule has 0 N–H and O–H groups in total. The first-order valence-corrected chi connectivity index (χ1v) is 8.80. The number of hydrogen-bond acceptors (Lipinski definition) is 3. The molecule has 0 aliphatic heterocycles. The fourth-order valence-electron chi connectivity index (χ4n) is 2.32. The highest BCUT2D eigenvalue weighted by atomic mass is 35.5. The summed E-state index contributed by atoms with van der Waals surface area (Å²) in [6.45, 7) is 1.99. The summed E-state index contributed by atoms with van der Waals surface area (Å²) < 4.78 is 1.13. The van der Waals surface area contributed by atoms with Gasteiger partial charge >= 0.3 is 0 Å². The minimum atomic E-state index is -0.0843. The molecule has 0 aliphatic carbocycles. The zero-order valence-corrected chi connectivity index (χ0v) is 15.0. The molecule has 1 heterocycles. The van der Waals surface area contributed by atoms with E-state index < -0.39 is 0 Å². The number of hydrogen-bond donors (Lipinski definition) is 0. The lowest BCUT2D eigenvalue weighted by Crippen LogP contribution is -2.27. The summed E-state index contributed by atoms with van der Waals surface area (Å²) in [4.78, 5) is 18.7. The second kappa shape index (κ2) is 7.16. The van der Waals surface area contributed by atoms with Gasteiger partial charge in [0, 0.05) is 18.1 Å². The summed E-state index contributed by atoms with van der Waals surface area (Å²) >= 11 is 7.58. The number of carbonyl (C=O) groups excluding carboxylic acids is 1. The highest BCUT2D eigenvalue weighted by molar-refractivity contribution is 7.18. The molecule has 3 rings (SSSR count). The van der Waals surface area contributed by atoms with Crippen molar-refractivity contribution in [2.45, 2.75) is 13.0 Å². The third-order valence-electron chi connectivity index (χ3n) is 3.86. The Hall–Kier alpha value is -2.17. The Bertz CT molecular complexity index is 870. The van der Waals surface area contributed by atoms with Crippen molar-refractivity contribution >= 4 is 45.1 Å². The minimum absolute atomic E-state index is 0.0678. The van der Waals surface area contributed by atoms with E-state index in [-0.39, 0.29) is 11.9 Å². The van der Waals surface area contributed by atoms with Gasteiger partial charge in [-0.2, -0.15) is 0 Å². The van der Waals surface area contributed by atoms with Gasteiger partial charge in [-0.25, -0.2) is 4.98 Å². The molecule has 0 fully saturated rings. The van der Waals surface area contributed by atoms with Gasteiger partial charge in [0.05, 0.1) is 16.3 Å². The first kappa shape index (κ1) is 16.7. The van der Waals surface area contributed by atoms with Crippen molar-refractivity contribution in [3.63, 3.8) is 0 Å². The second-order valence-corrected chi connectivity index (χ2v) is 7.03. The van der Waals surface area contributed by atoms with E-state index in [0.29, 0.717) is 5.02 Å². The summed E-state index contributed by atoms with van der Waals surface area (Å²) in [6, 6.07) is 15.3. The summed E-state index contributed by atoms with van der Waals surface area (Å²) in [5, 5.41) is 1.59. The van der Waals surface area contributed by atoms with E-state index in [1.165, 1.54) is 0 Å². The van der Waals surface area contributed by atoms with Crippen molar-refractivity contribution in [1.82, 2.24) is 9.88 Å². The third-order valence-corrected chi connectivity index (χ3v) is 5.31. The number of halogens is 1. The van der Waals surface area contributed by atoms with Gasteiger partial charge in [0.25, 0.3) is 0 Å². The van der Waals surface area contributed by atoms with E-state index in [0.717, 1.165) is 20.8 Å². The van der Waals surface area contributed by atoms with Crippen LogP contribution in [0.15, 0.2) is 54.6 Å². The Morgan fingerprint density at radius 1 is 1.25 bits per heavy atom. The lowest BCUT2D eigenvalue weighted by atomic mass is 10.2. The molecule has 1 unspecified atom stereocenters. The zero-order valence-electron chi connectivity index (χ0n) is 13.4. The summed E-state index contributed by atoms with van der Waals surface area (Å²) in [5.41, 5.74) is 1.87. The van der Waals surface area contributed by atoms with Crippen LogP contribution in [-0.4, -0.2) is 22.8 Å². The molecule has 0 bridgehead atoms. The standard InChI is InChI=1S/C19H17ClN2OS/c1-13(19-21-16-8-3-4-9-17(16)24-19)22(2)18(23)11-10-14-6-5-7-15(20)12-14/h3-13H,1-2H3/b11-10+. The molecule has 122 valence electrons. The van der Waals surface area contributed by atoms with Crippen molar-refractivity contribution in [3.8, 4) is 0 Å². The van der Waals surface area contributed by atoms with Crippen LogP contribution < -0.4 is 0 Å². The van der Waals surface area contributed by atoms with Crippen LogP contribution in [0.1, 0.15) is 23.5 Å². The molecule has 0 saturated carbocycles. The predicted octanol–water partition coefficient (Wildman–Crippen LogP) is 5.18. The molecule has 1 atom stereocenters. The Morgan fingerprint density at radius 3 is 2.79 bits per heavy atom. The molecule has 0 aliphatic rings. The Balaban J connectivity index is 1.74. The van der Waals surface area contributed by atoms with Crippen molar-refractivity contribution in [2.24, 2.45) is 0 Å². The third kappa shape index (κ3) is 3.66. The Labute approximate surface area is 150 Å². The number of thiazole rings is 1. The first-order chi connectivity index (χ1) is 11.5. The molecule has 3 aromatic rings.